The fraction of sp³-hybridized carbons (Fsp3) is 0.240. The maximum Gasteiger partial charge on any atom is 0.337 e. The molecule has 0 spiro atoms. The summed E-state index contributed by atoms with van der Waals surface area (Å²) in [6, 6.07) is 11.1. The highest BCUT2D eigenvalue weighted by Gasteiger charge is 2.31. The molecule has 0 aliphatic carbocycles. The van der Waals surface area contributed by atoms with Crippen LogP contribution in [0.3, 0.4) is 0 Å². The summed E-state index contributed by atoms with van der Waals surface area (Å²) in [6.07, 6.45) is 3.18. The van der Waals surface area contributed by atoms with Gasteiger partial charge < -0.3 is 19.3 Å². The zero-order valence-electron chi connectivity index (χ0n) is 19.0. The maximum absolute atomic E-state index is 13.5. The number of benzene rings is 2. The van der Waals surface area contributed by atoms with Gasteiger partial charge in [0.2, 0.25) is 0 Å². The number of fused-ring (bicyclic) bond motifs is 1. The van der Waals surface area contributed by atoms with Crippen LogP contribution in [-0.2, 0) is 9.53 Å². The molecule has 1 aliphatic rings. The maximum atomic E-state index is 13.5. The standard InChI is InChI=1S/C25H24N2O6S/c1-4-32-19-11-8-16(13-20(19)33-5-2)22-18(24(30)31-3)14-26-25-27(22)23(29)21(34-25)12-15-6-9-17(28)10-7-15/h6-14,22,28H,4-5H2,1-3H3/b21-12-/t22-/m1/s1. The van der Waals surface area contributed by atoms with E-state index >= 15 is 0 Å². The Morgan fingerprint density at radius 2 is 1.82 bits per heavy atom. The van der Waals surface area contributed by atoms with Crippen LogP contribution in [0.2, 0.25) is 0 Å². The van der Waals surface area contributed by atoms with E-state index in [0.29, 0.717) is 39.6 Å². The van der Waals surface area contributed by atoms with Crippen molar-refractivity contribution < 1.29 is 24.1 Å². The Hall–Kier alpha value is -3.85. The first-order valence-electron chi connectivity index (χ1n) is 10.7. The molecule has 1 aromatic heterocycles. The zero-order valence-corrected chi connectivity index (χ0v) is 19.8. The van der Waals surface area contributed by atoms with Gasteiger partial charge in [-0.05, 0) is 55.3 Å². The van der Waals surface area contributed by atoms with Gasteiger partial charge in [0.25, 0.3) is 5.56 Å². The number of ether oxygens (including phenoxy) is 3. The molecule has 0 amide bonds. The number of aromatic hydroxyl groups is 1. The van der Waals surface area contributed by atoms with Gasteiger partial charge in [-0.15, -0.1) is 0 Å². The van der Waals surface area contributed by atoms with E-state index in [1.54, 1.807) is 48.5 Å². The molecule has 0 saturated heterocycles. The van der Waals surface area contributed by atoms with Crippen LogP contribution in [0.4, 0.5) is 0 Å². The Morgan fingerprint density at radius 3 is 2.50 bits per heavy atom. The Labute approximate surface area is 199 Å². The molecule has 0 fully saturated rings. The normalized spacial score (nSPS) is 15.2. The smallest absolute Gasteiger partial charge is 0.337 e. The molecular formula is C25H24N2O6S. The summed E-state index contributed by atoms with van der Waals surface area (Å²) in [5, 5.41) is 9.53. The van der Waals surface area contributed by atoms with Gasteiger partial charge in [0, 0.05) is 6.20 Å². The van der Waals surface area contributed by atoms with Crippen molar-refractivity contribution in [2.75, 3.05) is 20.3 Å². The second-order valence-corrected chi connectivity index (χ2v) is 8.35. The largest absolute Gasteiger partial charge is 0.508 e. The van der Waals surface area contributed by atoms with E-state index in [-0.39, 0.29) is 16.9 Å². The van der Waals surface area contributed by atoms with E-state index in [9.17, 15) is 14.7 Å². The van der Waals surface area contributed by atoms with E-state index in [4.69, 9.17) is 14.2 Å². The van der Waals surface area contributed by atoms with Crippen LogP contribution >= 0.6 is 11.3 Å². The number of aromatic nitrogens is 1. The number of esters is 1. The Balaban J connectivity index is 1.90. The SMILES string of the molecule is CCOc1ccc([C@@H]2C(C(=O)OC)=CN=c3s/c(=C\c4ccc(O)cc4)c(=O)n32)cc1OCC. The highest BCUT2D eigenvalue weighted by molar-refractivity contribution is 7.07. The van der Waals surface area contributed by atoms with Crippen LogP contribution < -0.4 is 24.4 Å². The number of phenolic OH excluding ortho intramolecular Hbond substituents is 1. The first-order chi connectivity index (χ1) is 16.5. The third-order valence-corrected chi connectivity index (χ3v) is 6.20. The van der Waals surface area contributed by atoms with Crippen LogP contribution in [0.25, 0.3) is 6.08 Å². The summed E-state index contributed by atoms with van der Waals surface area (Å²) in [5.74, 6) is 0.668. The topological polar surface area (TPSA) is 99.4 Å². The molecule has 2 heterocycles. The molecular weight excluding hydrogens is 456 g/mol. The molecule has 2 aromatic carbocycles. The van der Waals surface area contributed by atoms with Gasteiger partial charge >= 0.3 is 5.97 Å². The molecule has 0 radical (unpaired) electrons. The van der Waals surface area contributed by atoms with Crippen LogP contribution in [0, 0.1) is 0 Å². The van der Waals surface area contributed by atoms with Crippen molar-refractivity contribution >= 4 is 23.4 Å². The summed E-state index contributed by atoms with van der Waals surface area (Å²) < 4.78 is 18.3. The molecule has 1 atom stereocenters. The van der Waals surface area contributed by atoms with Crippen molar-refractivity contribution in [1.29, 1.82) is 0 Å². The van der Waals surface area contributed by atoms with Crippen LogP contribution in [0.15, 0.2) is 64.0 Å². The fourth-order valence-corrected chi connectivity index (χ4v) is 4.68. The second kappa shape index (κ2) is 9.96. The van der Waals surface area contributed by atoms with Gasteiger partial charge in [0.05, 0.1) is 36.5 Å². The Bertz CT molecular complexity index is 1420. The van der Waals surface area contributed by atoms with Crippen LogP contribution in [0.1, 0.15) is 31.0 Å². The lowest BCUT2D eigenvalue weighted by molar-refractivity contribution is -0.136. The highest BCUT2D eigenvalue weighted by Crippen LogP contribution is 2.35. The number of hydrogen-bond donors (Lipinski definition) is 1. The molecule has 176 valence electrons. The summed E-state index contributed by atoms with van der Waals surface area (Å²) in [6.45, 7) is 4.65. The van der Waals surface area contributed by atoms with E-state index in [1.165, 1.54) is 29.2 Å². The molecule has 0 bridgehead atoms. The monoisotopic (exact) mass is 480 g/mol. The van der Waals surface area contributed by atoms with Gasteiger partial charge in [-0.2, -0.15) is 0 Å². The lowest BCUT2D eigenvalue weighted by atomic mass is 9.97. The third kappa shape index (κ3) is 4.47. The number of methoxy groups -OCH3 is 1. The number of carbonyl (C=O) groups excluding carboxylic acids is 1. The van der Waals surface area contributed by atoms with E-state index < -0.39 is 12.0 Å². The zero-order chi connectivity index (χ0) is 24.2. The first-order valence-corrected chi connectivity index (χ1v) is 11.6. The summed E-state index contributed by atoms with van der Waals surface area (Å²) in [5.41, 5.74) is 1.36. The van der Waals surface area contributed by atoms with Gasteiger partial charge in [-0.3, -0.25) is 9.36 Å². The fourth-order valence-electron chi connectivity index (χ4n) is 3.71. The van der Waals surface area contributed by atoms with E-state index in [1.807, 2.05) is 13.8 Å². The van der Waals surface area contributed by atoms with Crippen LogP contribution in [0.5, 0.6) is 17.2 Å². The van der Waals surface area contributed by atoms with Crippen molar-refractivity contribution in [2.24, 2.45) is 4.99 Å². The number of nitrogens with zero attached hydrogens (tertiary/aromatic N) is 2. The third-order valence-electron chi connectivity index (χ3n) is 5.20. The van der Waals surface area contributed by atoms with E-state index in [2.05, 4.69) is 4.99 Å². The Kier molecular flexibility index (Phi) is 6.83. The minimum atomic E-state index is -0.749. The second-order valence-electron chi connectivity index (χ2n) is 7.34. The molecule has 0 unspecified atom stereocenters. The number of phenols is 1. The van der Waals surface area contributed by atoms with Gasteiger partial charge in [0.1, 0.15) is 5.75 Å². The predicted octanol–water partition coefficient (Wildman–Crippen LogP) is 2.52. The molecule has 3 aromatic rings. The lowest BCUT2D eigenvalue weighted by Gasteiger charge is -2.23. The quantitative estimate of drug-likeness (QED) is 0.522. The van der Waals surface area contributed by atoms with Crippen molar-refractivity contribution in [2.45, 2.75) is 19.9 Å². The van der Waals surface area contributed by atoms with Crippen molar-refractivity contribution in [3.63, 3.8) is 0 Å². The molecule has 1 aliphatic heterocycles. The number of rotatable bonds is 7. The minimum Gasteiger partial charge on any atom is -0.508 e. The summed E-state index contributed by atoms with van der Waals surface area (Å²) in [7, 11) is 1.29. The van der Waals surface area contributed by atoms with E-state index in [0.717, 1.165) is 5.56 Å². The van der Waals surface area contributed by atoms with Crippen molar-refractivity contribution in [3.05, 3.63) is 85.1 Å². The van der Waals surface area contributed by atoms with Crippen molar-refractivity contribution in [1.82, 2.24) is 4.57 Å². The highest BCUT2D eigenvalue weighted by atomic mass is 32.1. The number of thiazole rings is 1. The average Bonchev–Trinajstić information content (AvgIpc) is 3.16. The summed E-state index contributed by atoms with van der Waals surface area (Å²) in [4.78, 5) is 31.0. The van der Waals surface area contributed by atoms with Gasteiger partial charge in [-0.25, -0.2) is 9.79 Å². The Morgan fingerprint density at radius 1 is 1.12 bits per heavy atom. The summed E-state index contributed by atoms with van der Waals surface area (Å²) >= 11 is 1.22. The molecule has 9 heteroatoms. The molecule has 34 heavy (non-hydrogen) atoms. The van der Waals surface area contributed by atoms with Gasteiger partial charge in [0.15, 0.2) is 16.3 Å². The predicted molar refractivity (Wildman–Crippen MR) is 128 cm³/mol. The minimum absolute atomic E-state index is 0.141. The lowest BCUT2D eigenvalue weighted by Crippen LogP contribution is -2.39. The molecule has 4 rings (SSSR count). The number of carbonyl (C=O) groups is 1. The molecule has 8 nitrogen and oxygen atoms in total. The first kappa shape index (κ1) is 23.3. The number of hydrogen-bond acceptors (Lipinski definition) is 8. The molecule has 1 N–H and O–H groups in total. The average molecular weight is 481 g/mol. The van der Waals surface area contributed by atoms with Gasteiger partial charge in [-0.1, -0.05) is 29.5 Å². The molecule has 0 saturated carbocycles. The van der Waals surface area contributed by atoms with Crippen LogP contribution in [-0.4, -0.2) is 36.0 Å². The van der Waals surface area contributed by atoms with Crippen molar-refractivity contribution in [3.8, 4) is 17.2 Å².